The second-order valence-corrected chi connectivity index (χ2v) is 15.3. The van der Waals surface area contributed by atoms with Crippen molar-refractivity contribution in [3.8, 4) is 17.0 Å². The molecule has 11 heteroatoms. The summed E-state index contributed by atoms with van der Waals surface area (Å²) in [6, 6.07) is 11.8. The smallest absolute Gasteiger partial charge is 0.303 e. The number of carbonyl (C=O) groups excluding carboxylic acids is 2. The summed E-state index contributed by atoms with van der Waals surface area (Å²) >= 11 is 0. The largest absolute Gasteiger partial charge is 0.497 e. The summed E-state index contributed by atoms with van der Waals surface area (Å²) in [6.07, 6.45) is 7.44. The van der Waals surface area contributed by atoms with Crippen LogP contribution in [0.2, 0.25) is 0 Å². The summed E-state index contributed by atoms with van der Waals surface area (Å²) in [5, 5.41) is 4.50. The van der Waals surface area contributed by atoms with Crippen molar-refractivity contribution in [2.24, 2.45) is 5.41 Å². The minimum absolute atomic E-state index is 0.0668. The van der Waals surface area contributed by atoms with Crippen LogP contribution in [0.5, 0.6) is 5.75 Å². The molecule has 1 aromatic heterocycles. The highest BCUT2D eigenvalue weighted by atomic mass is 32.2. The van der Waals surface area contributed by atoms with Crippen LogP contribution in [-0.2, 0) is 21.5 Å². The molecule has 3 aromatic rings. The lowest BCUT2D eigenvalue weighted by molar-refractivity contribution is -0.137. The number of methoxy groups -OCH3 is 1. The molecule has 2 N–H and O–H groups in total. The summed E-state index contributed by atoms with van der Waals surface area (Å²) in [5.74, 6) is 0.734. The molecule has 3 fully saturated rings. The molecule has 0 bridgehead atoms. The second-order valence-electron chi connectivity index (χ2n) is 13.4. The van der Waals surface area contributed by atoms with Crippen molar-refractivity contribution in [1.82, 2.24) is 23.8 Å². The Balaban J connectivity index is 1.43. The topological polar surface area (TPSA) is 113 Å². The van der Waals surface area contributed by atoms with E-state index in [4.69, 9.17) is 4.74 Å². The summed E-state index contributed by atoms with van der Waals surface area (Å²) in [5.41, 5.74) is 5.25. The summed E-state index contributed by atoms with van der Waals surface area (Å²) in [6.45, 7) is 3.63. The molecule has 7 rings (SSSR count). The Labute approximate surface area is 265 Å². The average molecular weight is 634 g/mol. The lowest BCUT2D eigenvalue weighted by Crippen LogP contribution is -2.41. The number of nitrogens with one attached hydrogen (secondary N) is 2. The summed E-state index contributed by atoms with van der Waals surface area (Å²) < 4.78 is 36.2. The van der Waals surface area contributed by atoms with Crippen LogP contribution in [0, 0.1) is 5.41 Å². The predicted molar refractivity (Wildman–Crippen MR) is 174 cm³/mol. The van der Waals surface area contributed by atoms with Gasteiger partial charge in [0.1, 0.15) is 5.75 Å². The maximum Gasteiger partial charge on any atom is 0.303 e. The molecule has 2 aliphatic heterocycles. The zero-order chi connectivity index (χ0) is 31.5. The molecular weight excluding hydrogens is 590 g/mol. The fraction of sp³-hybridized carbons (Fsp3) is 0.529. The zero-order valence-corrected chi connectivity index (χ0v) is 27.2. The lowest BCUT2D eigenvalue weighted by Gasteiger charge is -2.27. The fourth-order valence-electron chi connectivity index (χ4n) is 8.05. The highest BCUT2D eigenvalue weighted by Gasteiger charge is 2.63. The minimum atomic E-state index is -3.96. The third-order valence-corrected chi connectivity index (χ3v) is 11.9. The van der Waals surface area contributed by atoms with Crippen LogP contribution in [0.3, 0.4) is 0 Å². The molecule has 2 saturated carbocycles. The molecule has 4 aliphatic rings. The van der Waals surface area contributed by atoms with Crippen LogP contribution in [0.1, 0.15) is 78.3 Å². The number of ether oxygens (including phenoxy) is 1. The number of aromatic nitrogens is 1. The quantitative estimate of drug-likeness (QED) is 0.421. The monoisotopic (exact) mass is 633 g/mol. The van der Waals surface area contributed by atoms with Gasteiger partial charge in [0, 0.05) is 68.2 Å². The minimum Gasteiger partial charge on any atom is -0.497 e. The van der Waals surface area contributed by atoms with E-state index in [1.165, 1.54) is 38.9 Å². The molecule has 0 radical (unpaired) electrons. The summed E-state index contributed by atoms with van der Waals surface area (Å²) in [4.78, 5) is 29.9. The Morgan fingerprint density at radius 1 is 1.02 bits per heavy atom. The number of fused-ring (bicyclic) bond motifs is 7. The molecule has 240 valence electrons. The van der Waals surface area contributed by atoms with Gasteiger partial charge in [0.15, 0.2) is 0 Å². The Morgan fingerprint density at radius 2 is 1.82 bits per heavy atom. The van der Waals surface area contributed by atoms with E-state index in [9.17, 15) is 18.0 Å². The lowest BCUT2D eigenvalue weighted by atomic mass is 9.81. The molecule has 2 aliphatic carbocycles. The van der Waals surface area contributed by atoms with E-state index in [1.54, 1.807) is 13.2 Å². The Bertz CT molecular complexity index is 1770. The number of rotatable bonds is 6. The molecule has 2 atom stereocenters. The highest BCUT2D eigenvalue weighted by molar-refractivity contribution is 7.87. The van der Waals surface area contributed by atoms with Crippen LogP contribution in [0.4, 0.5) is 0 Å². The fourth-order valence-corrected chi connectivity index (χ4v) is 8.59. The molecule has 1 saturated heterocycles. The van der Waals surface area contributed by atoms with E-state index in [0.29, 0.717) is 19.0 Å². The third kappa shape index (κ3) is 5.13. The number of nitrogens with zero attached hydrogens (tertiary/aromatic N) is 3. The molecular formula is C34H43N5O5S. The van der Waals surface area contributed by atoms with Gasteiger partial charge in [0.25, 0.3) is 5.91 Å². The number of carbonyl (C=O) groups is 2. The van der Waals surface area contributed by atoms with Gasteiger partial charge in [-0.25, -0.2) is 4.72 Å². The number of hydrogen-bond donors (Lipinski definition) is 2. The van der Waals surface area contributed by atoms with Crippen LogP contribution < -0.4 is 14.8 Å². The number of amides is 2. The van der Waals surface area contributed by atoms with E-state index in [-0.39, 0.29) is 17.4 Å². The van der Waals surface area contributed by atoms with Gasteiger partial charge in [-0.2, -0.15) is 12.7 Å². The van der Waals surface area contributed by atoms with Crippen molar-refractivity contribution < 1.29 is 22.7 Å². The van der Waals surface area contributed by atoms with Crippen molar-refractivity contribution in [3.05, 3.63) is 53.1 Å². The molecule has 2 amide bonds. The van der Waals surface area contributed by atoms with Crippen molar-refractivity contribution in [1.29, 1.82) is 0 Å². The van der Waals surface area contributed by atoms with Gasteiger partial charge in [-0.1, -0.05) is 25.3 Å². The number of benzene rings is 2. The zero-order valence-electron chi connectivity index (χ0n) is 26.4. The van der Waals surface area contributed by atoms with E-state index >= 15 is 0 Å². The van der Waals surface area contributed by atoms with Crippen molar-refractivity contribution >= 4 is 32.9 Å². The van der Waals surface area contributed by atoms with Gasteiger partial charge in [0.2, 0.25) is 5.91 Å². The van der Waals surface area contributed by atoms with Crippen LogP contribution >= 0.6 is 0 Å². The Kier molecular flexibility index (Phi) is 7.69. The second kappa shape index (κ2) is 11.4. The molecule has 0 spiro atoms. The first kappa shape index (κ1) is 30.3. The molecule has 45 heavy (non-hydrogen) atoms. The standard InChI is InChI=1S/C34H43N5O5S/c1-37(2)45(42,43)36-32(40)23-10-12-26-29(18-23)39-21-34(33(41)38-16-7-14-35-15-17-38)20-28(34)27-19-24(44-3)11-13-25(27)31(39)30(26)22-8-5-4-6-9-22/h10-13,18-19,22,28,35H,4-9,14-17,20-21H2,1-3H3,(H,36,40)/t28-,34-/m0/s1. The van der Waals surface area contributed by atoms with Crippen molar-refractivity contribution in [3.63, 3.8) is 0 Å². The van der Waals surface area contributed by atoms with Gasteiger partial charge < -0.3 is 19.5 Å². The molecule has 2 aromatic carbocycles. The van der Waals surface area contributed by atoms with Crippen LogP contribution in [0.25, 0.3) is 22.2 Å². The predicted octanol–water partition coefficient (Wildman–Crippen LogP) is 4.21. The maximum atomic E-state index is 14.6. The van der Waals surface area contributed by atoms with Gasteiger partial charge in [-0.05, 0) is 79.6 Å². The van der Waals surface area contributed by atoms with Crippen molar-refractivity contribution in [2.45, 2.75) is 63.3 Å². The number of hydrogen-bond acceptors (Lipinski definition) is 6. The van der Waals surface area contributed by atoms with E-state index in [2.05, 4.69) is 26.7 Å². The molecule has 3 heterocycles. The normalized spacial score (nSPS) is 23.5. The average Bonchev–Trinajstić information content (AvgIpc) is 3.77. The van der Waals surface area contributed by atoms with Gasteiger partial charge in [0.05, 0.1) is 18.2 Å². The van der Waals surface area contributed by atoms with Gasteiger partial charge >= 0.3 is 10.2 Å². The first-order chi connectivity index (χ1) is 21.6. The van der Waals surface area contributed by atoms with E-state index < -0.39 is 21.5 Å². The van der Waals surface area contributed by atoms with Gasteiger partial charge in [-0.15, -0.1) is 0 Å². The first-order valence-corrected chi connectivity index (χ1v) is 17.7. The summed E-state index contributed by atoms with van der Waals surface area (Å²) in [7, 11) is 0.496. The molecule has 10 nitrogen and oxygen atoms in total. The van der Waals surface area contributed by atoms with Crippen molar-refractivity contribution in [2.75, 3.05) is 47.4 Å². The SMILES string of the molecule is COc1ccc2c(c1)[C@@H]1C[C@]1(C(=O)N1CCCNCC1)Cn1c-2c(C2CCCCC2)c2ccc(C(=O)NS(=O)(=O)N(C)C)cc21. The van der Waals surface area contributed by atoms with Crippen LogP contribution in [-0.4, -0.2) is 81.4 Å². The Hall–Kier alpha value is -3.41. The van der Waals surface area contributed by atoms with Crippen LogP contribution in [0.15, 0.2) is 36.4 Å². The third-order valence-electron chi connectivity index (χ3n) is 10.5. The highest BCUT2D eigenvalue weighted by Crippen LogP contribution is 2.66. The Morgan fingerprint density at radius 3 is 2.58 bits per heavy atom. The van der Waals surface area contributed by atoms with E-state index in [0.717, 1.165) is 83.1 Å². The molecule has 0 unspecified atom stereocenters. The maximum absolute atomic E-state index is 14.6. The first-order valence-electron chi connectivity index (χ1n) is 16.2. The van der Waals surface area contributed by atoms with E-state index in [1.807, 2.05) is 23.1 Å². The van der Waals surface area contributed by atoms with Gasteiger partial charge in [-0.3, -0.25) is 9.59 Å².